The molecule has 2 rings (SSSR count). The van der Waals surface area contributed by atoms with Crippen molar-refractivity contribution in [2.75, 3.05) is 19.7 Å². The van der Waals surface area contributed by atoms with Crippen LogP contribution < -0.4 is 0 Å². The number of likely N-dealkylation sites (tertiary alicyclic amines) is 1. The highest BCUT2D eigenvalue weighted by Crippen LogP contribution is 2.17. The first-order chi connectivity index (χ1) is 8.78. The summed E-state index contributed by atoms with van der Waals surface area (Å²) in [5, 5.41) is 0. The van der Waals surface area contributed by atoms with E-state index < -0.39 is 0 Å². The number of hydrogen-bond donors (Lipinski definition) is 0. The molecule has 3 nitrogen and oxygen atoms in total. The molecule has 0 atom stereocenters. The lowest BCUT2D eigenvalue weighted by Crippen LogP contribution is -2.18. The summed E-state index contributed by atoms with van der Waals surface area (Å²) >= 11 is 0. The van der Waals surface area contributed by atoms with Crippen molar-refractivity contribution in [3.8, 4) is 0 Å². The molecule has 1 fully saturated rings. The van der Waals surface area contributed by atoms with E-state index >= 15 is 0 Å². The quantitative estimate of drug-likeness (QED) is 0.602. The number of rotatable bonds is 4. The highest BCUT2D eigenvalue weighted by Gasteiger charge is 2.17. The number of carbonyl (C=O) groups is 1. The van der Waals surface area contributed by atoms with Crippen molar-refractivity contribution in [2.24, 2.45) is 0 Å². The second kappa shape index (κ2) is 6.36. The van der Waals surface area contributed by atoms with Gasteiger partial charge in [0.15, 0.2) is 0 Å². The lowest BCUT2D eigenvalue weighted by molar-refractivity contribution is -0.137. The average Bonchev–Trinajstić information content (AvgIpc) is 2.78. The Morgan fingerprint density at radius 1 is 1.39 bits per heavy atom. The van der Waals surface area contributed by atoms with Gasteiger partial charge < -0.3 is 4.74 Å². The van der Waals surface area contributed by atoms with E-state index in [-0.39, 0.29) is 5.97 Å². The number of nitrogens with zero attached hydrogens (tertiary/aromatic N) is 1. The third-order valence-corrected chi connectivity index (χ3v) is 3.03. The maximum absolute atomic E-state index is 11.3. The van der Waals surface area contributed by atoms with Crippen LogP contribution in [0.4, 0.5) is 0 Å². The van der Waals surface area contributed by atoms with Crippen molar-refractivity contribution in [3.63, 3.8) is 0 Å². The Labute approximate surface area is 108 Å². The third-order valence-electron chi connectivity index (χ3n) is 3.03. The van der Waals surface area contributed by atoms with Crippen LogP contribution in [0.25, 0.3) is 0 Å². The summed E-state index contributed by atoms with van der Waals surface area (Å²) in [7, 11) is 0. The van der Waals surface area contributed by atoms with Crippen LogP contribution in [0.15, 0.2) is 42.0 Å². The number of benzene rings is 1. The molecule has 0 unspecified atom stereocenters. The molecule has 0 radical (unpaired) electrons. The molecule has 1 aliphatic heterocycles. The van der Waals surface area contributed by atoms with Crippen LogP contribution in [0.5, 0.6) is 0 Å². The van der Waals surface area contributed by atoms with Crippen molar-refractivity contribution in [1.82, 2.24) is 4.90 Å². The van der Waals surface area contributed by atoms with E-state index in [2.05, 4.69) is 29.2 Å². The average molecular weight is 245 g/mol. The zero-order chi connectivity index (χ0) is 12.8. The van der Waals surface area contributed by atoms with E-state index in [4.69, 9.17) is 4.74 Å². The normalized spacial score (nSPS) is 18.2. The molecule has 1 heterocycles. The van der Waals surface area contributed by atoms with Crippen molar-refractivity contribution in [3.05, 3.63) is 47.5 Å². The van der Waals surface area contributed by atoms with Crippen molar-refractivity contribution < 1.29 is 9.53 Å². The predicted molar refractivity (Wildman–Crippen MR) is 71.1 cm³/mol. The first kappa shape index (κ1) is 12.8. The molecule has 18 heavy (non-hydrogen) atoms. The van der Waals surface area contributed by atoms with Gasteiger partial charge in [-0.25, -0.2) is 4.79 Å². The molecule has 1 aliphatic rings. The minimum absolute atomic E-state index is 0.214. The summed E-state index contributed by atoms with van der Waals surface area (Å²) in [5.74, 6) is -0.214. The highest BCUT2D eigenvalue weighted by atomic mass is 16.5. The van der Waals surface area contributed by atoms with Crippen LogP contribution >= 0.6 is 0 Å². The highest BCUT2D eigenvalue weighted by molar-refractivity contribution is 5.82. The van der Waals surface area contributed by atoms with E-state index in [1.807, 2.05) is 13.0 Å². The molecule has 0 aromatic heterocycles. The Bertz CT molecular complexity index is 425. The van der Waals surface area contributed by atoms with Gasteiger partial charge in [-0.1, -0.05) is 30.3 Å². The first-order valence-corrected chi connectivity index (χ1v) is 6.40. The van der Waals surface area contributed by atoms with Gasteiger partial charge in [0.2, 0.25) is 0 Å². The molecule has 1 aromatic carbocycles. The van der Waals surface area contributed by atoms with Gasteiger partial charge in [0.25, 0.3) is 0 Å². The summed E-state index contributed by atoms with van der Waals surface area (Å²) < 4.78 is 4.92. The van der Waals surface area contributed by atoms with Gasteiger partial charge in [-0.15, -0.1) is 0 Å². The SMILES string of the molecule is CCOC(=O)C=C1CCN(Cc2ccccc2)C1. The second-order valence-electron chi connectivity index (χ2n) is 4.50. The van der Waals surface area contributed by atoms with E-state index in [9.17, 15) is 4.79 Å². The zero-order valence-electron chi connectivity index (χ0n) is 10.8. The summed E-state index contributed by atoms with van der Waals surface area (Å²) in [6.07, 6.45) is 2.61. The van der Waals surface area contributed by atoms with Gasteiger partial charge >= 0.3 is 5.97 Å². The maximum atomic E-state index is 11.3. The van der Waals surface area contributed by atoms with E-state index in [1.165, 1.54) is 11.1 Å². The minimum Gasteiger partial charge on any atom is -0.463 e. The molecule has 0 bridgehead atoms. The molecule has 0 amide bonds. The molecule has 3 heteroatoms. The number of esters is 1. The number of hydrogen-bond acceptors (Lipinski definition) is 3. The van der Waals surface area contributed by atoms with Gasteiger partial charge in [0, 0.05) is 25.7 Å². The minimum atomic E-state index is -0.214. The van der Waals surface area contributed by atoms with Crippen LogP contribution in [0.1, 0.15) is 18.9 Å². The van der Waals surface area contributed by atoms with E-state index in [1.54, 1.807) is 6.08 Å². The summed E-state index contributed by atoms with van der Waals surface area (Å²) in [5.41, 5.74) is 2.49. The molecular formula is C15H19NO2. The second-order valence-corrected chi connectivity index (χ2v) is 4.50. The molecule has 0 saturated carbocycles. The van der Waals surface area contributed by atoms with E-state index in [0.29, 0.717) is 6.61 Å². The van der Waals surface area contributed by atoms with Gasteiger partial charge in [0.05, 0.1) is 6.61 Å². The van der Waals surface area contributed by atoms with Crippen molar-refractivity contribution >= 4 is 5.97 Å². The molecule has 96 valence electrons. The number of carbonyl (C=O) groups excluding carboxylic acids is 1. The van der Waals surface area contributed by atoms with Crippen LogP contribution in [0, 0.1) is 0 Å². The summed E-state index contributed by atoms with van der Waals surface area (Å²) in [6.45, 7) is 5.10. The fourth-order valence-electron chi connectivity index (χ4n) is 2.19. The Balaban J connectivity index is 1.87. The molecule has 0 aliphatic carbocycles. The Morgan fingerprint density at radius 2 is 2.17 bits per heavy atom. The molecule has 0 N–H and O–H groups in total. The van der Waals surface area contributed by atoms with Gasteiger partial charge in [-0.05, 0) is 24.5 Å². The Kier molecular flexibility index (Phi) is 4.53. The molecule has 1 aromatic rings. The monoisotopic (exact) mass is 245 g/mol. The summed E-state index contributed by atoms with van der Waals surface area (Å²) in [4.78, 5) is 13.7. The topological polar surface area (TPSA) is 29.5 Å². The van der Waals surface area contributed by atoms with Crippen LogP contribution in [-0.2, 0) is 16.1 Å². The lowest BCUT2D eigenvalue weighted by Gasteiger charge is -2.13. The van der Waals surface area contributed by atoms with Crippen LogP contribution in [0.2, 0.25) is 0 Å². The fourth-order valence-corrected chi connectivity index (χ4v) is 2.19. The Hall–Kier alpha value is -1.61. The van der Waals surface area contributed by atoms with Gasteiger partial charge in [-0.3, -0.25) is 4.90 Å². The fraction of sp³-hybridized carbons (Fsp3) is 0.400. The van der Waals surface area contributed by atoms with Crippen molar-refractivity contribution in [1.29, 1.82) is 0 Å². The van der Waals surface area contributed by atoms with Crippen LogP contribution in [0.3, 0.4) is 0 Å². The van der Waals surface area contributed by atoms with Crippen LogP contribution in [-0.4, -0.2) is 30.6 Å². The zero-order valence-corrected chi connectivity index (χ0v) is 10.8. The van der Waals surface area contributed by atoms with Gasteiger partial charge in [-0.2, -0.15) is 0 Å². The lowest BCUT2D eigenvalue weighted by atomic mass is 10.2. The smallest absolute Gasteiger partial charge is 0.330 e. The largest absolute Gasteiger partial charge is 0.463 e. The van der Waals surface area contributed by atoms with Gasteiger partial charge in [0.1, 0.15) is 0 Å². The predicted octanol–water partition coefficient (Wildman–Crippen LogP) is 2.38. The Morgan fingerprint density at radius 3 is 2.89 bits per heavy atom. The summed E-state index contributed by atoms with van der Waals surface area (Å²) in [6, 6.07) is 10.4. The maximum Gasteiger partial charge on any atom is 0.330 e. The first-order valence-electron chi connectivity index (χ1n) is 6.40. The third kappa shape index (κ3) is 3.70. The van der Waals surface area contributed by atoms with Crippen molar-refractivity contribution in [2.45, 2.75) is 19.9 Å². The molecule has 1 saturated heterocycles. The standard InChI is InChI=1S/C15H19NO2/c1-2-18-15(17)10-14-8-9-16(12-14)11-13-6-4-3-5-7-13/h3-7,10H,2,8-9,11-12H2,1H3. The molecule has 0 spiro atoms. The van der Waals surface area contributed by atoms with E-state index in [0.717, 1.165) is 26.1 Å². The number of ether oxygens (including phenoxy) is 1. The molecular weight excluding hydrogens is 226 g/mol.